The fourth-order valence-corrected chi connectivity index (χ4v) is 4.29. The summed E-state index contributed by atoms with van der Waals surface area (Å²) >= 11 is 1.34. The van der Waals surface area contributed by atoms with Crippen molar-refractivity contribution in [3.8, 4) is 0 Å². The minimum Gasteiger partial charge on any atom is -0.478 e. The van der Waals surface area contributed by atoms with Crippen LogP contribution < -0.4 is 0 Å². The molecule has 2 bridgehead atoms. The monoisotopic (exact) mass is 315 g/mol. The molecule has 6 nitrogen and oxygen atoms in total. The first-order chi connectivity index (χ1) is 10.7. The van der Waals surface area contributed by atoms with Crippen LogP contribution in [-0.2, 0) is 6.42 Å². The van der Waals surface area contributed by atoms with Gasteiger partial charge in [0.05, 0.1) is 27.7 Å². The smallest absolute Gasteiger partial charge is 0.336 e. The van der Waals surface area contributed by atoms with Gasteiger partial charge in [-0.2, -0.15) is 0 Å². The quantitative estimate of drug-likeness (QED) is 0.918. The summed E-state index contributed by atoms with van der Waals surface area (Å²) in [6.45, 7) is 0. The van der Waals surface area contributed by atoms with Crippen LogP contribution in [0.15, 0.2) is 24.3 Å². The molecule has 0 aliphatic carbocycles. The van der Waals surface area contributed by atoms with Gasteiger partial charge in [0.2, 0.25) is 0 Å². The highest BCUT2D eigenvalue weighted by atomic mass is 32.1. The first-order valence-corrected chi connectivity index (χ1v) is 7.90. The first kappa shape index (κ1) is 13.4. The van der Waals surface area contributed by atoms with E-state index in [0.29, 0.717) is 6.42 Å². The van der Waals surface area contributed by atoms with Crippen molar-refractivity contribution in [1.29, 1.82) is 0 Å². The molecule has 0 unspecified atom stereocenters. The van der Waals surface area contributed by atoms with E-state index in [1.165, 1.54) is 17.6 Å². The maximum atomic E-state index is 12.9. The minimum atomic E-state index is -1.08. The zero-order chi connectivity index (χ0) is 15.3. The topological polar surface area (TPSA) is 83.4 Å². The average Bonchev–Trinajstić information content (AvgIpc) is 3.11. The number of hydrogen-bond acceptors (Lipinski definition) is 5. The normalized spacial score (nSPS) is 22.5. The lowest BCUT2D eigenvalue weighted by atomic mass is 10.0. The maximum absolute atomic E-state index is 12.9. The van der Waals surface area contributed by atoms with Gasteiger partial charge >= 0.3 is 5.97 Å². The lowest BCUT2D eigenvalue weighted by molar-refractivity contribution is 0.0623. The second kappa shape index (κ2) is 4.88. The number of carbonyl (C=O) groups excluding carboxylic acids is 1. The van der Waals surface area contributed by atoms with Crippen molar-refractivity contribution in [1.82, 2.24) is 14.5 Å². The van der Waals surface area contributed by atoms with Crippen molar-refractivity contribution in [3.05, 3.63) is 46.0 Å². The number of hydrogen-bond donors (Lipinski definition) is 1. The molecule has 2 aromatic rings. The molecule has 0 radical (unpaired) electrons. The third-order valence-electron chi connectivity index (χ3n) is 4.44. The lowest BCUT2D eigenvalue weighted by Gasteiger charge is -2.33. The molecule has 2 aliphatic heterocycles. The Morgan fingerprint density at radius 2 is 2.00 bits per heavy atom. The highest BCUT2D eigenvalue weighted by molar-refractivity contribution is 7.05. The van der Waals surface area contributed by atoms with Crippen molar-refractivity contribution in [3.63, 3.8) is 0 Å². The number of amides is 1. The van der Waals surface area contributed by atoms with Gasteiger partial charge in [0.15, 0.2) is 0 Å². The molecule has 1 N–H and O–H groups in total. The van der Waals surface area contributed by atoms with Crippen molar-refractivity contribution in [2.45, 2.75) is 31.3 Å². The fourth-order valence-electron chi connectivity index (χ4n) is 3.48. The number of aromatic carboxylic acids is 1. The van der Waals surface area contributed by atoms with E-state index in [9.17, 15) is 14.7 Å². The molecule has 7 heteroatoms. The number of fused-ring (bicyclic) bond motifs is 4. The first-order valence-electron chi connectivity index (χ1n) is 7.13. The molecule has 1 amide bonds. The van der Waals surface area contributed by atoms with Crippen molar-refractivity contribution >= 4 is 23.4 Å². The molecular formula is C15H13N3O3S. The molecule has 3 heterocycles. The molecule has 4 rings (SSSR count). The van der Waals surface area contributed by atoms with E-state index < -0.39 is 5.97 Å². The van der Waals surface area contributed by atoms with E-state index in [1.807, 2.05) is 4.90 Å². The molecule has 2 aliphatic rings. The third kappa shape index (κ3) is 1.85. The standard InChI is InChI=1S/C15H13N3O3S/c19-14(9-3-1-2-4-10(9)15(20)21)18-8-5-6-12(18)13-11(7-8)16-17-22-13/h1-4,8,12H,5-7H2,(H,20,21)/t8-,12-/m1/s1. The van der Waals surface area contributed by atoms with Gasteiger partial charge in [0.25, 0.3) is 5.91 Å². The summed E-state index contributed by atoms with van der Waals surface area (Å²) in [4.78, 5) is 27.2. The second-order valence-corrected chi connectivity index (χ2v) is 6.38. The third-order valence-corrected chi connectivity index (χ3v) is 5.31. The predicted octanol–water partition coefficient (Wildman–Crippen LogP) is 2.14. The highest BCUT2D eigenvalue weighted by Crippen LogP contribution is 2.45. The highest BCUT2D eigenvalue weighted by Gasteiger charge is 2.45. The zero-order valence-electron chi connectivity index (χ0n) is 11.6. The van der Waals surface area contributed by atoms with Crippen molar-refractivity contribution in [2.75, 3.05) is 0 Å². The van der Waals surface area contributed by atoms with Crippen LogP contribution in [0.1, 0.15) is 50.2 Å². The number of carbonyl (C=O) groups is 2. The number of carboxylic acids is 1. The molecule has 1 fully saturated rings. The number of benzene rings is 1. The van der Waals surface area contributed by atoms with Crippen LogP contribution in [0.5, 0.6) is 0 Å². The van der Waals surface area contributed by atoms with Gasteiger partial charge in [-0.1, -0.05) is 16.6 Å². The van der Waals surface area contributed by atoms with E-state index in [2.05, 4.69) is 9.59 Å². The predicted molar refractivity (Wildman–Crippen MR) is 78.9 cm³/mol. The number of nitrogens with zero attached hydrogens (tertiary/aromatic N) is 3. The molecule has 1 aromatic carbocycles. The summed E-state index contributed by atoms with van der Waals surface area (Å²) in [7, 11) is 0. The van der Waals surface area contributed by atoms with Crippen LogP contribution in [0.25, 0.3) is 0 Å². The summed E-state index contributed by atoms with van der Waals surface area (Å²) < 4.78 is 3.99. The van der Waals surface area contributed by atoms with Crippen LogP contribution in [-0.4, -0.2) is 37.5 Å². The molecule has 2 atom stereocenters. The molecule has 112 valence electrons. The number of rotatable bonds is 2. The molecule has 1 aromatic heterocycles. The zero-order valence-corrected chi connectivity index (χ0v) is 12.4. The van der Waals surface area contributed by atoms with Gasteiger partial charge in [-0.25, -0.2) is 4.79 Å². The summed E-state index contributed by atoms with van der Waals surface area (Å²) in [5, 5.41) is 13.4. The van der Waals surface area contributed by atoms with Gasteiger partial charge in [0, 0.05) is 12.5 Å². The van der Waals surface area contributed by atoms with Gasteiger partial charge in [-0.3, -0.25) is 4.79 Å². The molecule has 0 spiro atoms. The Kier molecular flexibility index (Phi) is 2.97. The summed E-state index contributed by atoms with van der Waals surface area (Å²) in [5.74, 6) is -1.28. The Hall–Kier alpha value is -2.28. The Balaban J connectivity index is 1.75. The summed E-state index contributed by atoms with van der Waals surface area (Å²) in [6.07, 6.45) is 2.53. The Bertz CT molecular complexity index is 773. The van der Waals surface area contributed by atoms with Crippen LogP contribution in [0, 0.1) is 0 Å². The van der Waals surface area contributed by atoms with Gasteiger partial charge in [-0.05, 0) is 36.5 Å². The van der Waals surface area contributed by atoms with E-state index >= 15 is 0 Å². The average molecular weight is 315 g/mol. The molecule has 22 heavy (non-hydrogen) atoms. The Labute approximate surface area is 130 Å². The van der Waals surface area contributed by atoms with E-state index in [-0.39, 0.29) is 29.1 Å². The fraction of sp³-hybridized carbons (Fsp3) is 0.333. The number of carboxylic acid groups (broad SMARTS) is 1. The van der Waals surface area contributed by atoms with Gasteiger partial charge in [0.1, 0.15) is 0 Å². The summed E-state index contributed by atoms with van der Waals surface area (Å²) in [6, 6.07) is 6.48. The SMILES string of the molecule is O=C(O)c1ccccc1C(=O)N1[C@@H]2CC[C@@H]1c1snnc1C2. The van der Waals surface area contributed by atoms with Gasteiger partial charge < -0.3 is 10.0 Å². The molecule has 0 saturated carbocycles. The molecule has 1 saturated heterocycles. The van der Waals surface area contributed by atoms with Crippen molar-refractivity contribution in [2.24, 2.45) is 0 Å². The van der Waals surface area contributed by atoms with Crippen LogP contribution in [0.2, 0.25) is 0 Å². The Morgan fingerprint density at radius 3 is 2.77 bits per heavy atom. The number of aromatic nitrogens is 2. The van der Waals surface area contributed by atoms with Gasteiger partial charge in [-0.15, -0.1) is 5.10 Å². The largest absolute Gasteiger partial charge is 0.478 e. The Morgan fingerprint density at radius 1 is 1.23 bits per heavy atom. The van der Waals surface area contributed by atoms with Crippen LogP contribution in [0.3, 0.4) is 0 Å². The summed E-state index contributed by atoms with van der Waals surface area (Å²) in [5.41, 5.74) is 1.31. The van der Waals surface area contributed by atoms with E-state index in [0.717, 1.165) is 23.4 Å². The molecular weight excluding hydrogens is 302 g/mol. The second-order valence-electron chi connectivity index (χ2n) is 5.60. The van der Waals surface area contributed by atoms with E-state index in [1.54, 1.807) is 18.2 Å². The minimum absolute atomic E-state index is 0.0110. The maximum Gasteiger partial charge on any atom is 0.336 e. The van der Waals surface area contributed by atoms with Crippen LogP contribution >= 0.6 is 11.5 Å². The van der Waals surface area contributed by atoms with Crippen LogP contribution in [0.4, 0.5) is 0 Å². The van der Waals surface area contributed by atoms with E-state index in [4.69, 9.17) is 0 Å². The lowest BCUT2D eigenvalue weighted by Crippen LogP contribution is -2.42. The van der Waals surface area contributed by atoms with Crippen molar-refractivity contribution < 1.29 is 14.7 Å².